The van der Waals surface area contributed by atoms with E-state index in [-0.39, 0.29) is 12.3 Å². The first-order valence-electron chi connectivity index (χ1n) is 9.08. The Kier molecular flexibility index (Phi) is 5.17. The predicted molar refractivity (Wildman–Crippen MR) is 108 cm³/mol. The first-order chi connectivity index (χ1) is 14.5. The van der Waals surface area contributed by atoms with Gasteiger partial charge in [-0.15, -0.1) is 0 Å². The quantitative estimate of drug-likeness (QED) is 0.393. The molecule has 1 amide bonds. The molecule has 0 saturated heterocycles. The van der Waals surface area contributed by atoms with E-state index < -0.39 is 16.9 Å². The monoisotopic (exact) mass is 407 g/mol. The van der Waals surface area contributed by atoms with Gasteiger partial charge in [-0.3, -0.25) is 14.9 Å². The van der Waals surface area contributed by atoms with Crippen LogP contribution in [0.25, 0.3) is 11.3 Å². The van der Waals surface area contributed by atoms with Crippen molar-refractivity contribution in [2.75, 3.05) is 6.61 Å². The zero-order chi connectivity index (χ0) is 21.1. The maximum Gasteiger partial charge on any atom is 0.284 e. The number of carbonyl (C=O) groups is 1. The lowest BCUT2D eigenvalue weighted by Crippen LogP contribution is -2.42. The number of ether oxygens (including phenoxy) is 2. The molecule has 2 aromatic carbocycles. The van der Waals surface area contributed by atoms with Crippen molar-refractivity contribution in [2.45, 2.75) is 13.0 Å². The predicted octanol–water partition coefficient (Wildman–Crippen LogP) is 3.45. The number of aryl methyl sites for hydroxylation is 1. The highest BCUT2D eigenvalue weighted by molar-refractivity contribution is 5.84. The van der Waals surface area contributed by atoms with Gasteiger partial charge in [0.2, 0.25) is 6.10 Å². The molecule has 0 fully saturated rings. The van der Waals surface area contributed by atoms with Crippen LogP contribution < -0.4 is 14.9 Å². The number of fused-ring (bicyclic) bond motifs is 1. The van der Waals surface area contributed by atoms with Gasteiger partial charge in [0.05, 0.1) is 11.1 Å². The molecule has 2 heterocycles. The molecular formula is C21H17N3O6. The molecule has 0 radical (unpaired) electrons. The van der Waals surface area contributed by atoms with Gasteiger partial charge in [0, 0.05) is 17.7 Å². The maximum atomic E-state index is 12.2. The minimum atomic E-state index is -0.813. The fraction of sp³-hybridized carbons (Fsp3) is 0.143. The average Bonchev–Trinajstić information content (AvgIpc) is 3.21. The van der Waals surface area contributed by atoms with Crippen molar-refractivity contribution in [3.05, 3.63) is 76.0 Å². The number of para-hydroxylation sites is 2. The summed E-state index contributed by atoms with van der Waals surface area (Å²) in [6.45, 7) is 1.85. The van der Waals surface area contributed by atoms with Gasteiger partial charge in [-0.1, -0.05) is 12.1 Å². The molecule has 3 aromatic rings. The van der Waals surface area contributed by atoms with Crippen molar-refractivity contribution in [1.29, 1.82) is 0 Å². The molecule has 30 heavy (non-hydrogen) atoms. The summed E-state index contributed by atoms with van der Waals surface area (Å²) in [7, 11) is 0. The summed E-state index contributed by atoms with van der Waals surface area (Å²) in [5.74, 6) is 1.60. The van der Waals surface area contributed by atoms with Crippen LogP contribution in [0, 0.1) is 17.0 Å². The van der Waals surface area contributed by atoms with Crippen LogP contribution in [0.15, 0.2) is 64.1 Å². The number of nitro benzene ring substituents is 1. The zero-order valence-corrected chi connectivity index (χ0v) is 15.9. The summed E-state index contributed by atoms with van der Waals surface area (Å²) in [6.07, 6.45) is 0.548. The van der Waals surface area contributed by atoms with Crippen molar-refractivity contribution in [3.8, 4) is 22.8 Å². The molecule has 1 atom stereocenters. The molecule has 9 heteroatoms. The highest BCUT2D eigenvalue weighted by Gasteiger charge is 2.27. The van der Waals surface area contributed by atoms with E-state index in [0.29, 0.717) is 28.6 Å². The molecule has 0 unspecified atom stereocenters. The van der Waals surface area contributed by atoms with Gasteiger partial charge in [-0.2, -0.15) is 5.10 Å². The van der Waals surface area contributed by atoms with Crippen molar-refractivity contribution >= 4 is 17.8 Å². The van der Waals surface area contributed by atoms with Crippen LogP contribution in [0.3, 0.4) is 0 Å². The smallest absolute Gasteiger partial charge is 0.284 e. The highest BCUT2D eigenvalue weighted by atomic mass is 16.6. The summed E-state index contributed by atoms with van der Waals surface area (Å²) in [5.41, 5.74) is 3.87. The number of furan rings is 1. The molecule has 4 rings (SSSR count). The molecule has 152 valence electrons. The van der Waals surface area contributed by atoms with Crippen LogP contribution in [0.4, 0.5) is 5.69 Å². The molecule has 1 aliphatic heterocycles. The molecule has 1 N–H and O–H groups in total. The van der Waals surface area contributed by atoms with Crippen molar-refractivity contribution in [1.82, 2.24) is 5.43 Å². The zero-order valence-electron chi connectivity index (χ0n) is 15.9. The molecule has 0 saturated carbocycles. The lowest BCUT2D eigenvalue weighted by atomic mass is 10.1. The number of carbonyl (C=O) groups excluding carboxylic acids is 1. The molecule has 1 aliphatic rings. The topological polar surface area (TPSA) is 116 Å². The number of hydrazone groups is 1. The third kappa shape index (κ3) is 4.00. The first-order valence-corrected chi connectivity index (χ1v) is 9.08. The van der Waals surface area contributed by atoms with Gasteiger partial charge in [0.1, 0.15) is 18.1 Å². The third-order valence-electron chi connectivity index (χ3n) is 4.48. The van der Waals surface area contributed by atoms with Crippen molar-refractivity contribution < 1.29 is 23.6 Å². The number of nitrogens with one attached hydrogen (secondary N) is 1. The van der Waals surface area contributed by atoms with Crippen LogP contribution in [-0.4, -0.2) is 29.8 Å². The number of amides is 1. The van der Waals surface area contributed by atoms with Crippen LogP contribution in [0.1, 0.15) is 11.3 Å². The largest absolute Gasteiger partial charge is 0.485 e. The molecule has 9 nitrogen and oxygen atoms in total. The maximum absolute atomic E-state index is 12.2. The van der Waals surface area contributed by atoms with Crippen LogP contribution in [-0.2, 0) is 4.79 Å². The first kappa shape index (κ1) is 19.2. The number of hydrogen-bond acceptors (Lipinski definition) is 7. The van der Waals surface area contributed by atoms with Gasteiger partial charge in [-0.25, -0.2) is 5.43 Å². The SMILES string of the molecule is Cc1cc([N+](=O)[O-])ccc1-c1ccc(/C=N/NC(=O)[C@@H]2COc3ccccc3O2)o1. The Bertz CT molecular complexity index is 1140. The minimum Gasteiger partial charge on any atom is -0.485 e. The molecular weight excluding hydrogens is 390 g/mol. The van der Waals surface area contributed by atoms with E-state index in [1.165, 1.54) is 18.3 Å². The van der Waals surface area contributed by atoms with Crippen LogP contribution in [0.2, 0.25) is 0 Å². The van der Waals surface area contributed by atoms with Gasteiger partial charge in [0.15, 0.2) is 11.5 Å². The number of rotatable bonds is 5. The molecule has 0 aliphatic carbocycles. The lowest BCUT2D eigenvalue weighted by Gasteiger charge is -2.24. The fourth-order valence-corrected chi connectivity index (χ4v) is 2.99. The molecule has 1 aromatic heterocycles. The Morgan fingerprint density at radius 2 is 2.00 bits per heavy atom. The van der Waals surface area contributed by atoms with E-state index in [9.17, 15) is 14.9 Å². The van der Waals surface area contributed by atoms with E-state index in [1.807, 2.05) is 6.07 Å². The van der Waals surface area contributed by atoms with E-state index in [4.69, 9.17) is 13.9 Å². The Morgan fingerprint density at radius 1 is 1.20 bits per heavy atom. The van der Waals surface area contributed by atoms with Crippen molar-refractivity contribution in [3.63, 3.8) is 0 Å². The van der Waals surface area contributed by atoms with E-state index in [2.05, 4.69) is 10.5 Å². The second kappa shape index (κ2) is 8.08. The number of nitro groups is 1. The Morgan fingerprint density at radius 3 is 2.77 bits per heavy atom. The summed E-state index contributed by atoms with van der Waals surface area (Å²) in [5, 5.41) is 14.8. The second-order valence-electron chi connectivity index (χ2n) is 6.56. The van der Waals surface area contributed by atoms with Crippen molar-refractivity contribution in [2.24, 2.45) is 5.10 Å². The standard InChI is InChI=1S/C21H17N3O6/c1-13-10-14(24(26)27)6-8-16(13)17-9-7-15(29-17)11-22-23-21(25)20-12-28-18-4-2-3-5-19(18)30-20/h2-11,20H,12H2,1H3,(H,23,25)/b22-11+/t20-/m0/s1. The number of nitrogens with zero attached hydrogens (tertiary/aromatic N) is 2. The van der Waals surface area contributed by atoms with Gasteiger partial charge >= 0.3 is 0 Å². The van der Waals surface area contributed by atoms with Gasteiger partial charge < -0.3 is 13.9 Å². The minimum absolute atomic E-state index is 0.0174. The summed E-state index contributed by atoms with van der Waals surface area (Å²) in [6, 6.07) is 15.1. The van der Waals surface area contributed by atoms with Crippen LogP contribution in [0.5, 0.6) is 11.5 Å². The van der Waals surface area contributed by atoms with E-state index >= 15 is 0 Å². The molecule has 0 bridgehead atoms. The van der Waals surface area contributed by atoms with Crippen LogP contribution >= 0.6 is 0 Å². The summed E-state index contributed by atoms with van der Waals surface area (Å²) in [4.78, 5) is 22.7. The Labute approximate surface area is 171 Å². The third-order valence-corrected chi connectivity index (χ3v) is 4.48. The molecule has 0 spiro atoms. The van der Waals surface area contributed by atoms with Gasteiger partial charge in [-0.05, 0) is 42.8 Å². The summed E-state index contributed by atoms with van der Waals surface area (Å²) < 4.78 is 16.8. The Balaban J connectivity index is 1.38. The average molecular weight is 407 g/mol. The lowest BCUT2D eigenvalue weighted by molar-refractivity contribution is -0.384. The highest BCUT2D eigenvalue weighted by Crippen LogP contribution is 2.31. The normalized spacial score (nSPS) is 15.2. The number of hydrogen-bond donors (Lipinski definition) is 1. The second-order valence-corrected chi connectivity index (χ2v) is 6.56. The van der Waals surface area contributed by atoms with E-state index in [1.54, 1.807) is 43.3 Å². The van der Waals surface area contributed by atoms with E-state index in [0.717, 1.165) is 5.56 Å². The summed E-state index contributed by atoms with van der Waals surface area (Å²) >= 11 is 0. The van der Waals surface area contributed by atoms with Gasteiger partial charge in [0.25, 0.3) is 11.6 Å². The fourth-order valence-electron chi connectivity index (χ4n) is 2.99. The number of benzene rings is 2. The Hall–Kier alpha value is -4.14. The number of non-ortho nitro benzene ring substituents is 1.